The third kappa shape index (κ3) is 5.33. The van der Waals surface area contributed by atoms with Gasteiger partial charge in [-0.3, -0.25) is 9.69 Å². The summed E-state index contributed by atoms with van der Waals surface area (Å²) in [6, 6.07) is 0. The number of nitrogens with one attached hydrogen (secondary N) is 1. The average molecular weight is 257 g/mol. The van der Waals surface area contributed by atoms with Crippen LogP contribution in [-0.4, -0.2) is 57.2 Å². The van der Waals surface area contributed by atoms with E-state index in [-0.39, 0.29) is 5.91 Å². The van der Waals surface area contributed by atoms with Gasteiger partial charge in [-0.05, 0) is 37.8 Å². The highest BCUT2D eigenvalue weighted by Crippen LogP contribution is 2.21. The van der Waals surface area contributed by atoms with E-state index in [9.17, 15) is 4.79 Å². The number of amides is 1. The first kappa shape index (κ1) is 15.4. The van der Waals surface area contributed by atoms with E-state index < -0.39 is 0 Å². The van der Waals surface area contributed by atoms with Crippen molar-refractivity contribution in [3.05, 3.63) is 0 Å². The van der Waals surface area contributed by atoms with Gasteiger partial charge in [0, 0.05) is 26.8 Å². The van der Waals surface area contributed by atoms with E-state index in [0.717, 1.165) is 25.9 Å². The average Bonchev–Trinajstić information content (AvgIpc) is 2.37. The first-order valence-corrected chi connectivity index (χ1v) is 6.85. The molecule has 0 aliphatic carbocycles. The Hall–Kier alpha value is -0.650. The van der Waals surface area contributed by atoms with Crippen molar-refractivity contribution in [2.45, 2.75) is 19.8 Å². The van der Waals surface area contributed by atoms with Crippen LogP contribution in [0.25, 0.3) is 0 Å². The number of likely N-dealkylation sites (tertiary alicyclic amines) is 1. The summed E-state index contributed by atoms with van der Waals surface area (Å²) in [6.07, 6.45) is 2.00. The summed E-state index contributed by atoms with van der Waals surface area (Å²) in [6.45, 7) is 6.79. The van der Waals surface area contributed by atoms with Crippen molar-refractivity contribution < 1.29 is 9.53 Å². The minimum atomic E-state index is 0.108. The predicted molar refractivity (Wildman–Crippen MR) is 72.3 cm³/mol. The lowest BCUT2D eigenvalue weighted by atomic mass is 9.87. The smallest absolute Gasteiger partial charge is 0.234 e. The highest BCUT2D eigenvalue weighted by atomic mass is 16.5. The molecule has 1 rings (SSSR count). The van der Waals surface area contributed by atoms with E-state index in [2.05, 4.69) is 17.1 Å². The Morgan fingerprint density at radius 3 is 3.00 bits per heavy atom. The first-order valence-electron chi connectivity index (χ1n) is 6.85. The molecule has 1 saturated heterocycles. The summed E-state index contributed by atoms with van der Waals surface area (Å²) in [4.78, 5) is 13.9. The van der Waals surface area contributed by atoms with Crippen molar-refractivity contribution in [1.82, 2.24) is 10.2 Å². The van der Waals surface area contributed by atoms with Gasteiger partial charge >= 0.3 is 0 Å². The molecule has 2 unspecified atom stereocenters. The second-order valence-corrected chi connectivity index (χ2v) is 5.19. The number of methoxy groups -OCH3 is 1. The largest absolute Gasteiger partial charge is 0.385 e. The minimum absolute atomic E-state index is 0.108. The Balaban J connectivity index is 2.19. The minimum Gasteiger partial charge on any atom is -0.385 e. The van der Waals surface area contributed by atoms with Gasteiger partial charge in [-0.1, -0.05) is 6.92 Å². The van der Waals surface area contributed by atoms with Gasteiger partial charge in [0.2, 0.25) is 5.91 Å². The number of nitrogens with zero attached hydrogens (tertiary/aromatic N) is 1. The Bertz CT molecular complexity index is 248. The van der Waals surface area contributed by atoms with E-state index in [0.29, 0.717) is 38.1 Å². The lowest BCUT2D eigenvalue weighted by Gasteiger charge is -2.36. The van der Waals surface area contributed by atoms with Crippen molar-refractivity contribution in [3.63, 3.8) is 0 Å². The van der Waals surface area contributed by atoms with Gasteiger partial charge in [-0.25, -0.2) is 0 Å². The standard InChI is InChI=1S/C13H27N3O2/c1-11-4-6-16(9-12(11)8-14)10-13(17)15-5-3-7-18-2/h11-12H,3-10,14H2,1-2H3,(H,15,17). The summed E-state index contributed by atoms with van der Waals surface area (Å²) in [5.74, 6) is 1.31. The lowest BCUT2D eigenvalue weighted by Crippen LogP contribution is -2.46. The van der Waals surface area contributed by atoms with Crippen molar-refractivity contribution in [1.29, 1.82) is 0 Å². The van der Waals surface area contributed by atoms with E-state index in [1.807, 2.05) is 0 Å². The highest BCUT2D eigenvalue weighted by molar-refractivity contribution is 5.77. The maximum atomic E-state index is 11.7. The number of rotatable bonds is 7. The number of hydrogen-bond acceptors (Lipinski definition) is 4. The summed E-state index contributed by atoms with van der Waals surface area (Å²) >= 11 is 0. The summed E-state index contributed by atoms with van der Waals surface area (Å²) in [5, 5.41) is 2.92. The zero-order chi connectivity index (χ0) is 13.4. The molecule has 1 amide bonds. The van der Waals surface area contributed by atoms with Crippen LogP contribution in [-0.2, 0) is 9.53 Å². The molecular weight excluding hydrogens is 230 g/mol. The fourth-order valence-corrected chi connectivity index (χ4v) is 2.38. The van der Waals surface area contributed by atoms with Crippen LogP contribution in [0.3, 0.4) is 0 Å². The molecule has 0 saturated carbocycles. The second kappa shape index (κ2) is 8.45. The van der Waals surface area contributed by atoms with E-state index >= 15 is 0 Å². The molecule has 1 fully saturated rings. The quantitative estimate of drug-likeness (QED) is 0.633. The Labute approximate surface area is 110 Å². The molecule has 1 aliphatic rings. The van der Waals surface area contributed by atoms with Crippen molar-refractivity contribution in [2.75, 3.05) is 46.4 Å². The van der Waals surface area contributed by atoms with Gasteiger partial charge in [0.15, 0.2) is 0 Å². The maximum Gasteiger partial charge on any atom is 0.234 e. The van der Waals surface area contributed by atoms with E-state index in [1.165, 1.54) is 0 Å². The van der Waals surface area contributed by atoms with Crippen molar-refractivity contribution in [3.8, 4) is 0 Å². The molecule has 5 heteroatoms. The molecule has 2 atom stereocenters. The maximum absolute atomic E-state index is 11.7. The first-order chi connectivity index (χ1) is 8.67. The second-order valence-electron chi connectivity index (χ2n) is 5.19. The highest BCUT2D eigenvalue weighted by Gasteiger charge is 2.25. The van der Waals surface area contributed by atoms with E-state index in [1.54, 1.807) is 7.11 Å². The van der Waals surface area contributed by atoms with Gasteiger partial charge in [0.25, 0.3) is 0 Å². The summed E-state index contributed by atoms with van der Waals surface area (Å²) in [7, 11) is 1.67. The molecule has 106 valence electrons. The Kier molecular flexibility index (Phi) is 7.23. The summed E-state index contributed by atoms with van der Waals surface area (Å²) < 4.78 is 4.94. The van der Waals surface area contributed by atoms with Gasteiger partial charge in [-0.15, -0.1) is 0 Å². The Morgan fingerprint density at radius 2 is 2.33 bits per heavy atom. The lowest BCUT2D eigenvalue weighted by molar-refractivity contribution is -0.122. The topological polar surface area (TPSA) is 67.6 Å². The van der Waals surface area contributed by atoms with Crippen LogP contribution in [0.15, 0.2) is 0 Å². The molecule has 5 nitrogen and oxygen atoms in total. The van der Waals surface area contributed by atoms with Crippen LogP contribution in [0, 0.1) is 11.8 Å². The third-order valence-electron chi connectivity index (χ3n) is 3.72. The van der Waals surface area contributed by atoms with Gasteiger partial charge < -0.3 is 15.8 Å². The molecule has 1 aliphatic heterocycles. The van der Waals surface area contributed by atoms with Crippen LogP contribution in [0.5, 0.6) is 0 Å². The van der Waals surface area contributed by atoms with Crippen LogP contribution in [0.4, 0.5) is 0 Å². The predicted octanol–water partition coefficient (Wildman–Crippen LogP) is 0.0558. The zero-order valence-electron chi connectivity index (χ0n) is 11.7. The number of carbonyl (C=O) groups excluding carboxylic acids is 1. The number of ether oxygens (including phenoxy) is 1. The number of carbonyl (C=O) groups is 1. The van der Waals surface area contributed by atoms with Crippen LogP contribution in [0.2, 0.25) is 0 Å². The van der Waals surface area contributed by atoms with Crippen molar-refractivity contribution in [2.24, 2.45) is 17.6 Å². The molecule has 18 heavy (non-hydrogen) atoms. The third-order valence-corrected chi connectivity index (χ3v) is 3.72. The molecular formula is C13H27N3O2. The molecule has 0 radical (unpaired) electrons. The van der Waals surface area contributed by atoms with Crippen LogP contribution >= 0.6 is 0 Å². The number of piperidine rings is 1. The molecule has 1 heterocycles. The molecule has 0 aromatic rings. The van der Waals surface area contributed by atoms with E-state index in [4.69, 9.17) is 10.5 Å². The van der Waals surface area contributed by atoms with Crippen LogP contribution < -0.4 is 11.1 Å². The molecule has 0 spiro atoms. The molecule has 3 N–H and O–H groups in total. The molecule has 0 aromatic carbocycles. The Morgan fingerprint density at radius 1 is 1.56 bits per heavy atom. The zero-order valence-corrected chi connectivity index (χ0v) is 11.7. The van der Waals surface area contributed by atoms with Gasteiger partial charge in [0.05, 0.1) is 6.54 Å². The summed E-state index contributed by atoms with van der Waals surface area (Å²) in [5.41, 5.74) is 5.76. The van der Waals surface area contributed by atoms with Gasteiger partial charge in [0.1, 0.15) is 0 Å². The monoisotopic (exact) mass is 257 g/mol. The number of hydrogen-bond donors (Lipinski definition) is 2. The van der Waals surface area contributed by atoms with Crippen molar-refractivity contribution >= 4 is 5.91 Å². The SMILES string of the molecule is COCCCNC(=O)CN1CCC(C)C(CN)C1. The van der Waals surface area contributed by atoms with Crippen LogP contribution in [0.1, 0.15) is 19.8 Å². The normalized spacial score (nSPS) is 25.1. The fraction of sp³-hybridized carbons (Fsp3) is 0.923. The molecule has 0 aromatic heterocycles. The molecule has 0 bridgehead atoms. The van der Waals surface area contributed by atoms with Gasteiger partial charge in [-0.2, -0.15) is 0 Å². The fourth-order valence-electron chi connectivity index (χ4n) is 2.38. The number of nitrogens with two attached hydrogens (primary N) is 1.